The van der Waals surface area contributed by atoms with Gasteiger partial charge in [-0.3, -0.25) is 0 Å². The van der Waals surface area contributed by atoms with Crippen LogP contribution in [0.4, 0.5) is 5.69 Å². The summed E-state index contributed by atoms with van der Waals surface area (Å²) in [5.41, 5.74) is 1.90. The lowest BCUT2D eigenvalue weighted by Gasteiger charge is -2.08. The molecule has 2 aromatic heterocycles. The third-order valence-corrected chi connectivity index (χ3v) is 3.68. The fourth-order valence-electron chi connectivity index (χ4n) is 1.73. The minimum atomic E-state index is 0.554. The zero-order valence-corrected chi connectivity index (χ0v) is 11.4. The Bertz CT molecular complexity index is 666. The molecule has 6 heteroatoms. The number of rotatable bonds is 4. The molecule has 2 heterocycles. The van der Waals surface area contributed by atoms with Crippen LogP contribution in [-0.4, -0.2) is 9.97 Å². The van der Waals surface area contributed by atoms with E-state index in [0.717, 1.165) is 16.1 Å². The molecule has 0 aliphatic rings. The summed E-state index contributed by atoms with van der Waals surface area (Å²) in [6.45, 7) is 0.669. The second-order valence-corrected chi connectivity index (χ2v) is 5.51. The van der Waals surface area contributed by atoms with Crippen molar-refractivity contribution < 1.29 is 4.42 Å². The van der Waals surface area contributed by atoms with Crippen molar-refractivity contribution in [2.24, 2.45) is 0 Å². The number of halogens is 1. The second-order valence-electron chi connectivity index (χ2n) is 3.82. The third-order valence-electron chi connectivity index (χ3n) is 2.57. The van der Waals surface area contributed by atoms with Gasteiger partial charge in [-0.1, -0.05) is 23.7 Å². The van der Waals surface area contributed by atoms with Crippen molar-refractivity contribution >= 4 is 28.6 Å². The van der Waals surface area contributed by atoms with Crippen molar-refractivity contribution in [1.82, 2.24) is 9.97 Å². The van der Waals surface area contributed by atoms with Crippen molar-refractivity contribution in [2.45, 2.75) is 6.54 Å². The number of thiazole rings is 1. The second kappa shape index (κ2) is 5.42. The molecule has 96 valence electrons. The average molecular weight is 292 g/mol. The summed E-state index contributed by atoms with van der Waals surface area (Å²) in [7, 11) is 0. The molecule has 3 aromatic rings. The van der Waals surface area contributed by atoms with E-state index in [4.69, 9.17) is 16.0 Å². The van der Waals surface area contributed by atoms with Crippen LogP contribution in [0, 0.1) is 0 Å². The van der Waals surface area contributed by atoms with E-state index in [1.807, 2.05) is 24.3 Å². The summed E-state index contributed by atoms with van der Waals surface area (Å²) < 4.78 is 5.89. The molecule has 0 unspecified atom stereocenters. The first-order chi connectivity index (χ1) is 9.33. The maximum absolute atomic E-state index is 5.81. The normalized spacial score (nSPS) is 10.6. The van der Waals surface area contributed by atoms with Crippen molar-refractivity contribution in [2.75, 3.05) is 5.32 Å². The van der Waals surface area contributed by atoms with E-state index in [0.29, 0.717) is 16.9 Å². The van der Waals surface area contributed by atoms with Crippen molar-refractivity contribution in [1.29, 1.82) is 0 Å². The Kier molecular flexibility index (Phi) is 3.48. The highest BCUT2D eigenvalue weighted by Gasteiger charge is 2.08. The number of aromatic nitrogens is 2. The van der Waals surface area contributed by atoms with Gasteiger partial charge in [-0.25, -0.2) is 9.97 Å². The van der Waals surface area contributed by atoms with Crippen molar-refractivity contribution in [3.63, 3.8) is 0 Å². The number of hydrogen-bond acceptors (Lipinski definition) is 5. The van der Waals surface area contributed by atoms with Gasteiger partial charge in [0.15, 0.2) is 4.47 Å². The number of benzene rings is 1. The van der Waals surface area contributed by atoms with Crippen LogP contribution in [0.3, 0.4) is 0 Å². The van der Waals surface area contributed by atoms with E-state index < -0.39 is 0 Å². The van der Waals surface area contributed by atoms with Gasteiger partial charge in [0.1, 0.15) is 6.26 Å². The Morgan fingerprint density at radius 1 is 1.26 bits per heavy atom. The van der Waals surface area contributed by atoms with Gasteiger partial charge in [0.05, 0.1) is 18.3 Å². The van der Waals surface area contributed by atoms with Gasteiger partial charge in [0.25, 0.3) is 0 Å². The standard InChI is InChI=1S/C13H10ClN3OS/c14-13-17-8-9(19-13)7-16-11-4-2-1-3-10(11)12-15-5-6-18-12/h1-6,8,16H,7H2. The highest BCUT2D eigenvalue weighted by molar-refractivity contribution is 7.15. The first-order valence-corrected chi connectivity index (χ1v) is 6.85. The van der Waals surface area contributed by atoms with E-state index >= 15 is 0 Å². The largest absolute Gasteiger partial charge is 0.444 e. The predicted octanol–water partition coefficient (Wildman–Crippen LogP) is 4.06. The molecule has 19 heavy (non-hydrogen) atoms. The molecular weight excluding hydrogens is 282 g/mol. The van der Waals surface area contributed by atoms with Crippen LogP contribution in [0.1, 0.15) is 4.88 Å². The molecule has 1 N–H and O–H groups in total. The van der Waals surface area contributed by atoms with Gasteiger partial charge < -0.3 is 9.73 Å². The highest BCUT2D eigenvalue weighted by atomic mass is 35.5. The molecule has 0 bridgehead atoms. The van der Waals surface area contributed by atoms with E-state index in [1.165, 1.54) is 11.3 Å². The molecule has 3 rings (SSSR count). The highest BCUT2D eigenvalue weighted by Crippen LogP contribution is 2.27. The summed E-state index contributed by atoms with van der Waals surface area (Å²) in [4.78, 5) is 9.26. The molecule has 4 nitrogen and oxygen atoms in total. The number of oxazole rings is 1. The third kappa shape index (κ3) is 2.77. The summed E-state index contributed by atoms with van der Waals surface area (Å²) in [6.07, 6.45) is 4.97. The zero-order chi connectivity index (χ0) is 13.1. The van der Waals surface area contributed by atoms with Gasteiger partial charge in [-0.05, 0) is 12.1 Å². The molecule has 0 atom stereocenters. The molecule has 0 saturated carbocycles. The fraction of sp³-hybridized carbons (Fsp3) is 0.0769. The van der Waals surface area contributed by atoms with Crippen LogP contribution in [0.25, 0.3) is 11.5 Å². The van der Waals surface area contributed by atoms with Gasteiger partial charge in [0, 0.05) is 16.8 Å². The molecule has 0 amide bonds. The first-order valence-electron chi connectivity index (χ1n) is 5.66. The predicted molar refractivity (Wildman–Crippen MR) is 76.4 cm³/mol. The molecule has 0 aliphatic heterocycles. The van der Waals surface area contributed by atoms with Crippen LogP contribution in [0.2, 0.25) is 4.47 Å². The molecule has 0 radical (unpaired) electrons. The summed E-state index contributed by atoms with van der Waals surface area (Å²) >= 11 is 7.27. The van der Waals surface area contributed by atoms with Gasteiger partial charge >= 0.3 is 0 Å². The van der Waals surface area contributed by atoms with E-state index in [-0.39, 0.29) is 0 Å². The molecule has 0 fully saturated rings. The van der Waals surface area contributed by atoms with Crippen molar-refractivity contribution in [3.05, 3.63) is 52.3 Å². The maximum atomic E-state index is 5.81. The number of anilines is 1. The smallest absolute Gasteiger partial charge is 0.227 e. The fourth-order valence-corrected chi connectivity index (χ4v) is 2.65. The maximum Gasteiger partial charge on any atom is 0.227 e. The Morgan fingerprint density at radius 3 is 2.89 bits per heavy atom. The minimum Gasteiger partial charge on any atom is -0.444 e. The number of para-hydroxylation sites is 1. The quantitative estimate of drug-likeness (QED) is 0.787. The first kappa shape index (κ1) is 12.2. The summed E-state index contributed by atoms with van der Waals surface area (Å²) in [6, 6.07) is 7.87. The number of hydrogen-bond donors (Lipinski definition) is 1. The minimum absolute atomic E-state index is 0.554. The Hall–Kier alpha value is -1.85. The molecule has 0 aliphatic carbocycles. The average Bonchev–Trinajstić information content (AvgIpc) is 3.08. The summed E-state index contributed by atoms with van der Waals surface area (Å²) in [5.74, 6) is 0.602. The Balaban J connectivity index is 1.81. The molecule has 1 aromatic carbocycles. The summed E-state index contributed by atoms with van der Waals surface area (Å²) in [5, 5.41) is 3.34. The van der Waals surface area contributed by atoms with Crippen molar-refractivity contribution in [3.8, 4) is 11.5 Å². The van der Waals surface area contributed by atoms with Crippen LogP contribution in [-0.2, 0) is 6.54 Å². The molecule has 0 saturated heterocycles. The van der Waals surface area contributed by atoms with Gasteiger partial charge in [0.2, 0.25) is 5.89 Å². The van der Waals surface area contributed by atoms with Gasteiger partial charge in [-0.2, -0.15) is 0 Å². The SMILES string of the molecule is Clc1ncc(CNc2ccccc2-c2ncco2)s1. The monoisotopic (exact) mass is 291 g/mol. The number of nitrogens with one attached hydrogen (secondary N) is 1. The topological polar surface area (TPSA) is 51.0 Å². The van der Waals surface area contributed by atoms with Crippen LogP contribution in [0.5, 0.6) is 0 Å². The number of nitrogens with zero attached hydrogens (tertiary/aromatic N) is 2. The lowest BCUT2D eigenvalue weighted by molar-refractivity contribution is 0.575. The van der Waals surface area contributed by atoms with Crippen LogP contribution < -0.4 is 5.32 Å². The zero-order valence-electron chi connectivity index (χ0n) is 9.84. The molecule has 0 spiro atoms. The van der Waals surface area contributed by atoms with E-state index in [2.05, 4.69) is 15.3 Å². The lowest BCUT2D eigenvalue weighted by Crippen LogP contribution is -1.99. The van der Waals surface area contributed by atoms with Crippen LogP contribution in [0.15, 0.2) is 47.3 Å². The van der Waals surface area contributed by atoms with E-state index in [9.17, 15) is 0 Å². The Labute approximate surface area is 119 Å². The van der Waals surface area contributed by atoms with Gasteiger partial charge in [-0.15, -0.1) is 11.3 Å². The lowest BCUT2D eigenvalue weighted by atomic mass is 10.2. The molecular formula is C13H10ClN3OS. The van der Waals surface area contributed by atoms with Crippen LogP contribution >= 0.6 is 22.9 Å². The van der Waals surface area contributed by atoms with E-state index in [1.54, 1.807) is 18.7 Å². The Morgan fingerprint density at radius 2 is 2.16 bits per heavy atom.